The van der Waals surface area contributed by atoms with Crippen LogP contribution < -0.4 is 0 Å². The number of unbranched alkanes of at least 4 members (excludes halogenated alkanes) is 4. The zero-order chi connectivity index (χ0) is 23.7. The van der Waals surface area contributed by atoms with Crippen molar-refractivity contribution < 1.29 is 34.8 Å². The van der Waals surface area contributed by atoms with Gasteiger partial charge in [-0.25, -0.2) is 0 Å². The van der Waals surface area contributed by atoms with Crippen LogP contribution in [-0.2, 0) is 27.2 Å². The van der Waals surface area contributed by atoms with Crippen molar-refractivity contribution in [3.8, 4) is 17.2 Å². The van der Waals surface area contributed by atoms with Gasteiger partial charge in [-0.1, -0.05) is 19.3 Å². The fraction of sp³-hybridized carbons (Fsp3) is 0.667. The molecule has 1 rings (SSSR count). The molecule has 4 N–H and O–H groups in total. The first-order chi connectivity index (χ1) is 14.4. The molecule has 0 atom stereocenters. The number of aromatic hydroxyl groups is 3. The highest BCUT2D eigenvalue weighted by atomic mass is 16.5. The number of phenols is 3. The standard InChI is InChI=1S/C24H38O7/c1-23(2,22(29)30)13-9-6-5-7-11-17-15-19(26)18(21(28)20(17)27)12-8-10-14-24(3,4)31-16-25/h15-16,26-28H,5-14H2,1-4H3,(H,29,30). The molecule has 0 saturated heterocycles. The first kappa shape index (κ1) is 26.6. The number of phenolic OH excluding ortho intramolecular Hbond substituents is 3. The van der Waals surface area contributed by atoms with Crippen LogP contribution in [0.15, 0.2) is 6.07 Å². The summed E-state index contributed by atoms with van der Waals surface area (Å²) in [5.74, 6) is -1.29. The Hall–Kier alpha value is -2.44. The van der Waals surface area contributed by atoms with Crippen molar-refractivity contribution in [2.75, 3.05) is 0 Å². The highest BCUT2D eigenvalue weighted by Crippen LogP contribution is 2.40. The highest BCUT2D eigenvalue weighted by molar-refractivity contribution is 5.73. The second-order valence-electron chi connectivity index (χ2n) is 9.51. The Bertz CT molecular complexity index is 738. The SMILES string of the molecule is CC(C)(CCCCc1c(O)cc(CCCCCCC(C)(C)C(=O)O)c(O)c1O)OC=O. The lowest BCUT2D eigenvalue weighted by atomic mass is 9.87. The number of ether oxygens (including phenoxy) is 1. The predicted molar refractivity (Wildman–Crippen MR) is 118 cm³/mol. The van der Waals surface area contributed by atoms with E-state index >= 15 is 0 Å². The molecule has 0 aliphatic carbocycles. The van der Waals surface area contributed by atoms with Gasteiger partial charge in [0.15, 0.2) is 11.5 Å². The summed E-state index contributed by atoms with van der Waals surface area (Å²) in [6.07, 6.45) is 6.94. The lowest BCUT2D eigenvalue weighted by Crippen LogP contribution is -2.23. The van der Waals surface area contributed by atoms with Crippen LogP contribution in [0.3, 0.4) is 0 Å². The van der Waals surface area contributed by atoms with Gasteiger partial charge < -0.3 is 25.2 Å². The molecule has 0 aliphatic rings. The molecule has 0 spiro atoms. The van der Waals surface area contributed by atoms with E-state index in [0.717, 1.165) is 32.1 Å². The Labute approximate surface area is 185 Å². The van der Waals surface area contributed by atoms with Gasteiger partial charge in [0, 0.05) is 11.1 Å². The van der Waals surface area contributed by atoms with Crippen LogP contribution in [0.25, 0.3) is 0 Å². The quantitative estimate of drug-likeness (QED) is 0.130. The zero-order valence-electron chi connectivity index (χ0n) is 19.2. The molecule has 1 aromatic carbocycles. The summed E-state index contributed by atoms with van der Waals surface area (Å²) in [7, 11) is 0. The molecule has 0 amide bonds. The monoisotopic (exact) mass is 438 g/mol. The van der Waals surface area contributed by atoms with Gasteiger partial charge in [-0.05, 0) is 78.7 Å². The number of hydrogen-bond donors (Lipinski definition) is 4. The molecule has 0 heterocycles. The molecule has 0 aromatic heterocycles. The summed E-state index contributed by atoms with van der Waals surface area (Å²) in [6, 6.07) is 1.51. The number of hydrogen-bond acceptors (Lipinski definition) is 6. The topological polar surface area (TPSA) is 124 Å². The molecule has 0 fully saturated rings. The lowest BCUT2D eigenvalue weighted by molar-refractivity contribution is -0.147. The van der Waals surface area contributed by atoms with Crippen molar-refractivity contribution in [3.05, 3.63) is 17.2 Å². The average Bonchev–Trinajstić information content (AvgIpc) is 2.67. The molecule has 7 nitrogen and oxygen atoms in total. The minimum Gasteiger partial charge on any atom is -0.508 e. The third kappa shape index (κ3) is 8.67. The number of carboxylic acid groups (broad SMARTS) is 1. The summed E-state index contributed by atoms with van der Waals surface area (Å²) in [5.41, 5.74) is -0.444. The van der Waals surface area contributed by atoms with Gasteiger partial charge in [-0.15, -0.1) is 0 Å². The first-order valence-corrected chi connectivity index (χ1v) is 11.0. The Kier molecular flexibility index (Phi) is 10.1. The maximum Gasteiger partial charge on any atom is 0.309 e. The Morgan fingerprint density at radius 1 is 0.903 bits per heavy atom. The van der Waals surface area contributed by atoms with Crippen molar-refractivity contribution >= 4 is 12.4 Å². The van der Waals surface area contributed by atoms with Gasteiger partial charge in [0.25, 0.3) is 6.47 Å². The summed E-state index contributed by atoms with van der Waals surface area (Å²) in [4.78, 5) is 21.6. The van der Waals surface area contributed by atoms with Crippen molar-refractivity contribution in [1.29, 1.82) is 0 Å². The molecule has 0 aliphatic heterocycles. The predicted octanol–water partition coefficient (Wildman–Crippen LogP) is 5.07. The average molecular weight is 439 g/mol. The number of aliphatic carboxylic acids is 1. The fourth-order valence-corrected chi connectivity index (χ4v) is 3.56. The minimum atomic E-state index is -0.790. The Morgan fingerprint density at radius 3 is 2.10 bits per heavy atom. The molecule has 0 saturated carbocycles. The van der Waals surface area contributed by atoms with E-state index in [9.17, 15) is 24.9 Å². The third-order valence-electron chi connectivity index (χ3n) is 5.83. The van der Waals surface area contributed by atoms with Gasteiger partial charge in [0.1, 0.15) is 11.4 Å². The van der Waals surface area contributed by atoms with E-state index in [2.05, 4.69) is 0 Å². The van der Waals surface area contributed by atoms with Gasteiger partial charge >= 0.3 is 5.97 Å². The zero-order valence-corrected chi connectivity index (χ0v) is 19.2. The number of benzene rings is 1. The Morgan fingerprint density at radius 2 is 1.48 bits per heavy atom. The third-order valence-corrected chi connectivity index (χ3v) is 5.83. The van der Waals surface area contributed by atoms with Crippen molar-refractivity contribution in [1.82, 2.24) is 0 Å². The van der Waals surface area contributed by atoms with E-state index in [1.54, 1.807) is 13.8 Å². The fourth-order valence-electron chi connectivity index (χ4n) is 3.56. The van der Waals surface area contributed by atoms with Crippen LogP contribution >= 0.6 is 0 Å². The van der Waals surface area contributed by atoms with Gasteiger partial charge in [-0.3, -0.25) is 9.59 Å². The van der Waals surface area contributed by atoms with E-state index in [4.69, 9.17) is 9.84 Å². The van der Waals surface area contributed by atoms with Crippen LogP contribution in [0.4, 0.5) is 0 Å². The van der Waals surface area contributed by atoms with Gasteiger partial charge in [-0.2, -0.15) is 0 Å². The van der Waals surface area contributed by atoms with E-state index < -0.39 is 17.0 Å². The number of carboxylic acids is 1. The highest BCUT2D eigenvalue weighted by Gasteiger charge is 2.26. The minimum absolute atomic E-state index is 0.0306. The molecule has 0 bridgehead atoms. The van der Waals surface area contributed by atoms with E-state index in [-0.39, 0.29) is 17.2 Å². The van der Waals surface area contributed by atoms with Crippen LogP contribution in [-0.4, -0.2) is 38.5 Å². The summed E-state index contributed by atoms with van der Waals surface area (Å²) < 4.78 is 5.01. The molecular weight excluding hydrogens is 400 g/mol. The molecule has 1 aromatic rings. The van der Waals surface area contributed by atoms with Crippen LogP contribution in [0.1, 0.15) is 90.2 Å². The van der Waals surface area contributed by atoms with Gasteiger partial charge in [0.05, 0.1) is 5.41 Å². The van der Waals surface area contributed by atoms with E-state index in [0.29, 0.717) is 49.7 Å². The van der Waals surface area contributed by atoms with Crippen molar-refractivity contribution in [2.45, 2.75) is 97.5 Å². The van der Waals surface area contributed by atoms with E-state index in [1.165, 1.54) is 6.07 Å². The number of aryl methyl sites for hydroxylation is 1. The van der Waals surface area contributed by atoms with Gasteiger partial charge in [0.2, 0.25) is 0 Å². The molecule has 31 heavy (non-hydrogen) atoms. The molecule has 7 heteroatoms. The summed E-state index contributed by atoms with van der Waals surface area (Å²) in [5, 5.41) is 40.1. The van der Waals surface area contributed by atoms with Crippen LogP contribution in [0.2, 0.25) is 0 Å². The molecule has 176 valence electrons. The summed E-state index contributed by atoms with van der Waals surface area (Å²) >= 11 is 0. The van der Waals surface area contributed by atoms with Crippen molar-refractivity contribution in [3.63, 3.8) is 0 Å². The largest absolute Gasteiger partial charge is 0.508 e. The number of carbonyl (C=O) groups excluding carboxylic acids is 1. The van der Waals surface area contributed by atoms with Crippen molar-refractivity contribution in [2.24, 2.45) is 5.41 Å². The molecular formula is C24H38O7. The number of rotatable bonds is 15. The van der Waals surface area contributed by atoms with Crippen LogP contribution in [0, 0.1) is 5.41 Å². The first-order valence-electron chi connectivity index (χ1n) is 11.0. The maximum atomic E-state index is 11.1. The number of carbonyl (C=O) groups is 2. The normalized spacial score (nSPS) is 12.0. The summed E-state index contributed by atoms with van der Waals surface area (Å²) in [6.45, 7) is 7.53. The maximum absolute atomic E-state index is 11.1. The molecule has 0 unspecified atom stereocenters. The van der Waals surface area contributed by atoms with E-state index in [1.807, 2.05) is 13.8 Å². The second kappa shape index (κ2) is 11.8. The lowest BCUT2D eigenvalue weighted by Gasteiger charge is -2.22. The smallest absolute Gasteiger partial charge is 0.309 e. The Balaban J connectivity index is 2.51. The molecule has 0 radical (unpaired) electrons. The second-order valence-corrected chi connectivity index (χ2v) is 9.51. The van der Waals surface area contributed by atoms with Crippen LogP contribution in [0.5, 0.6) is 17.2 Å².